The number of carbonyl (C=O) groups excluding carboxylic acids is 1. The highest BCUT2D eigenvalue weighted by Gasteiger charge is 2.07. The van der Waals surface area contributed by atoms with Crippen molar-refractivity contribution < 1.29 is 4.79 Å². The Kier molecular flexibility index (Phi) is 3.75. The predicted octanol–water partition coefficient (Wildman–Crippen LogP) is 3.72. The van der Waals surface area contributed by atoms with Crippen LogP contribution in [-0.2, 0) is 5.33 Å². The smallest absolute Gasteiger partial charge is 0.252 e. The Morgan fingerprint density at radius 1 is 1.50 bits per heavy atom. The molecule has 0 saturated carbocycles. The fourth-order valence-corrected chi connectivity index (χ4v) is 1.92. The van der Waals surface area contributed by atoms with Crippen LogP contribution in [0.4, 0.5) is 0 Å². The lowest BCUT2D eigenvalue weighted by atomic mass is 10.1. The number of hydrogen-bond acceptors (Lipinski definition) is 1. The zero-order valence-electron chi connectivity index (χ0n) is 5.98. The van der Waals surface area contributed by atoms with Crippen LogP contribution in [0.2, 0.25) is 0 Å². The van der Waals surface area contributed by atoms with Gasteiger partial charge >= 0.3 is 0 Å². The zero-order chi connectivity index (χ0) is 9.14. The molecular weight excluding hydrogens is 307 g/mol. The molecule has 0 N–H and O–H groups in total. The van der Waals surface area contributed by atoms with Crippen molar-refractivity contribution in [3.63, 3.8) is 0 Å². The average Bonchev–Trinajstić information content (AvgIpc) is 2.03. The molecule has 0 saturated heterocycles. The van der Waals surface area contributed by atoms with Gasteiger partial charge in [-0.1, -0.05) is 31.9 Å². The van der Waals surface area contributed by atoms with E-state index in [1.807, 2.05) is 6.07 Å². The molecule has 1 rings (SSSR count). The molecule has 0 aliphatic rings. The zero-order valence-corrected chi connectivity index (χ0v) is 9.91. The van der Waals surface area contributed by atoms with Crippen molar-refractivity contribution in [2.75, 3.05) is 0 Å². The minimum absolute atomic E-state index is 0.419. The van der Waals surface area contributed by atoms with Gasteiger partial charge in [0.1, 0.15) is 0 Å². The highest BCUT2D eigenvalue weighted by Crippen LogP contribution is 2.20. The molecule has 0 atom stereocenters. The van der Waals surface area contributed by atoms with E-state index in [9.17, 15) is 4.79 Å². The van der Waals surface area contributed by atoms with Crippen molar-refractivity contribution in [1.82, 2.24) is 0 Å². The molecule has 1 nitrogen and oxygen atoms in total. The highest BCUT2D eigenvalue weighted by molar-refractivity contribution is 9.10. The number of alkyl halides is 1. The molecule has 0 aliphatic heterocycles. The third-order valence-electron chi connectivity index (χ3n) is 1.42. The first kappa shape index (κ1) is 10.2. The summed E-state index contributed by atoms with van der Waals surface area (Å²) < 4.78 is 0.943. The molecular formula is C8H5Br2ClO. The predicted molar refractivity (Wildman–Crippen MR) is 57.0 cm³/mol. The Hall–Kier alpha value is 0.140. The van der Waals surface area contributed by atoms with Gasteiger partial charge in [-0.05, 0) is 35.4 Å². The van der Waals surface area contributed by atoms with Gasteiger partial charge in [0.05, 0.1) is 0 Å². The van der Waals surface area contributed by atoms with Crippen molar-refractivity contribution in [3.8, 4) is 0 Å². The molecule has 0 unspecified atom stereocenters. The number of benzene rings is 1. The summed E-state index contributed by atoms with van der Waals surface area (Å²) in [6, 6.07) is 5.36. The van der Waals surface area contributed by atoms with Crippen LogP contribution in [0.15, 0.2) is 22.7 Å². The maximum Gasteiger partial charge on any atom is 0.252 e. The van der Waals surface area contributed by atoms with Crippen LogP contribution < -0.4 is 0 Å². The summed E-state index contributed by atoms with van der Waals surface area (Å²) in [5.74, 6) is 0. The van der Waals surface area contributed by atoms with E-state index in [2.05, 4.69) is 31.9 Å². The molecule has 0 aliphatic carbocycles. The molecule has 0 fully saturated rings. The van der Waals surface area contributed by atoms with Crippen LogP contribution in [0.5, 0.6) is 0 Å². The summed E-state index contributed by atoms with van der Waals surface area (Å²) in [6.45, 7) is 0. The standard InChI is InChI=1S/C8H5Br2ClO/c9-4-5-3-6(10)1-2-7(5)8(11)12/h1-3H,4H2. The molecule has 0 heterocycles. The van der Waals surface area contributed by atoms with Gasteiger partial charge < -0.3 is 0 Å². The largest absolute Gasteiger partial charge is 0.276 e. The molecule has 0 aromatic heterocycles. The molecule has 0 spiro atoms. The van der Waals surface area contributed by atoms with E-state index < -0.39 is 5.24 Å². The first-order valence-corrected chi connectivity index (χ1v) is 5.48. The van der Waals surface area contributed by atoms with E-state index in [4.69, 9.17) is 11.6 Å². The van der Waals surface area contributed by atoms with Gasteiger partial charge in [-0.2, -0.15) is 0 Å². The summed E-state index contributed by atoms with van der Waals surface area (Å²) in [5.41, 5.74) is 1.45. The van der Waals surface area contributed by atoms with Gasteiger partial charge in [-0.25, -0.2) is 0 Å². The second-order valence-electron chi connectivity index (χ2n) is 2.21. The Balaban J connectivity index is 3.20. The van der Waals surface area contributed by atoms with E-state index >= 15 is 0 Å². The Labute approximate surface area is 92.4 Å². The first-order chi connectivity index (χ1) is 5.65. The molecule has 1 aromatic carbocycles. The van der Waals surface area contributed by atoms with Gasteiger partial charge in [0.15, 0.2) is 0 Å². The number of hydrogen-bond donors (Lipinski definition) is 0. The van der Waals surface area contributed by atoms with Crippen molar-refractivity contribution in [3.05, 3.63) is 33.8 Å². The Morgan fingerprint density at radius 2 is 2.17 bits per heavy atom. The fraction of sp³-hybridized carbons (Fsp3) is 0.125. The van der Waals surface area contributed by atoms with E-state index in [0.717, 1.165) is 10.0 Å². The van der Waals surface area contributed by atoms with Crippen molar-refractivity contribution in [2.24, 2.45) is 0 Å². The van der Waals surface area contributed by atoms with Crippen LogP contribution in [0, 0.1) is 0 Å². The summed E-state index contributed by atoms with van der Waals surface area (Å²) in [6.07, 6.45) is 0. The Bertz CT molecular complexity index is 312. The molecule has 64 valence electrons. The SMILES string of the molecule is O=C(Cl)c1ccc(Br)cc1CBr. The molecule has 0 bridgehead atoms. The molecule has 12 heavy (non-hydrogen) atoms. The van der Waals surface area contributed by atoms with Crippen LogP contribution in [0.25, 0.3) is 0 Å². The number of carbonyl (C=O) groups is 1. The fourth-order valence-electron chi connectivity index (χ4n) is 0.865. The first-order valence-electron chi connectivity index (χ1n) is 3.19. The van der Waals surface area contributed by atoms with Gasteiger partial charge in [0.2, 0.25) is 0 Å². The summed E-state index contributed by atoms with van der Waals surface area (Å²) in [4.78, 5) is 10.9. The van der Waals surface area contributed by atoms with Crippen LogP contribution in [-0.4, -0.2) is 5.24 Å². The topological polar surface area (TPSA) is 17.1 Å². The molecule has 1 aromatic rings. The lowest BCUT2D eigenvalue weighted by Crippen LogP contribution is -1.94. The second-order valence-corrected chi connectivity index (χ2v) is 4.03. The van der Waals surface area contributed by atoms with Gasteiger partial charge in [-0.3, -0.25) is 4.79 Å². The van der Waals surface area contributed by atoms with E-state index in [1.54, 1.807) is 12.1 Å². The summed E-state index contributed by atoms with van der Waals surface area (Å²) >= 11 is 12.0. The minimum atomic E-state index is -0.419. The number of rotatable bonds is 2. The van der Waals surface area contributed by atoms with Crippen molar-refractivity contribution >= 4 is 48.7 Å². The van der Waals surface area contributed by atoms with Crippen LogP contribution in [0.1, 0.15) is 15.9 Å². The normalized spacial score (nSPS) is 9.92. The van der Waals surface area contributed by atoms with Crippen molar-refractivity contribution in [1.29, 1.82) is 0 Å². The van der Waals surface area contributed by atoms with Crippen LogP contribution >= 0.6 is 43.5 Å². The molecule has 0 amide bonds. The van der Waals surface area contributed by atoms with Gasteiger partial charge in [-0.15, -0.1) is 0 Å². The average molecular weight is 312 g/mol. The van der Waals surface area contributed by atoms with Gasteiger partial charge in [0.25, 0.3) is 5.24 Å². The lowest BCUT2D eigenvalue weighted by Gasteiger charge is -2.01. The minimum Gasteiger partial charge on any atom is -0.276 e. The third kappa shape index (κ3) is 2.31. The molecule has 4 heteroatoms. The number of halogens is 3. The summed E-state index contributed by atoms with van der Waals surface area (Å²) in [5, 5.41) is 0.206. The Morgan fingerprint density at radius 3 is 2.67 bits per heavy atom. The summed E-state index contributed by atoms with van der Waals surface area (Å²) in [7, 11) is 0. The highest BCUT2D eigenvalue weighted by atomic mass is 79.9. The quantitative estimate of drug-likeness (QED) is 0.601. The molecule has 0 radical (unpaired) electrons. The van der Waals surface area contributed by atoms with Gasteiger partial charge in [0, 0.05) is 15.4 Å². The second kappa shape index (κ2) is 4.40. The maximum atomic E-state index is 10.9. The monoisotopic (exact) mass is 310 g/mol. The van der Waals surface area contributed by atoms with E-state index in [-0.39, 0.29) is 0 Å². The van der Waals surface area contributed by atoms with E-state index in [0.29, 0.717) is 10.9 Å². The lowest BCUT2D eigenvalue weighted by molar-refractivity contribution is 0.108. The van der Waals surface area contributed by atoms with E-state index in [1.165, 1.54) is 0 Å². The maximum absolute atomic E-state index is 10.9. The third-order valence-corrected chi connectivity index (χ3v) is 2.72. The van der Waals surface area contributed by atoms with Crippen LogP contribution in [0.3, 0.4) is 0 Å². The van der Waals surface area contributed by atoms with Crippen molar-refractivity contribution in [2.45, 2.75) is 5.33 Å².